The summed E-state index contributed by atoms with van der Waals surface area (Å²) >= 11 is 1.42. The van der Waals surface area contributed by atoms with Gasteiger partial charge in [0.2, 0.25) is 5.91 Å². The minimum atomic E-state index is -0.312. The molecule has 6 nitrogen and oxygen atoms in total. The van der Waals surface area contributed by atoms with E-state index >= 15 is 0 Å². The van der Waals surface area contributed by atoms with Gasteiger partial charge in [-0.3, -0.25) is 14.8 Å². The molecule has 1 amide bonds. The van der Waals surface area contributed by atoms with Crippen LogP contribution in [0.3, 0.4) is 0 Å². The van der Waals surface area contributed by atoms with E-state index in [0.29, 0.717) is 18.3 Å². The molecule has 128 valence electrons. The van der Waals surface area contributed by atoms with Crippen LogP contribution in [0.4, 0.5) is 5.13 Å². The van der Waals surface area contributed by atoms with Crippen molar-refractivity contribution in [3.8, 4) is 10.6 Å². The van der Waals surface area contributed by atoms with Gasteiger partial charge in [0.25, 0.3) is 0 Å². The van der Waals surface area contributed by atoms with E-state index in [4.69, 9.17) is 4.74 Å². The van der Waals surface area contributed by atoms with Crippen molar-refractivity contribution in [1.82, 2.24) is 15.0 Å². The van der Waals surface area contributed by atoms with Crippen LogP contribution in [-0.2, 0) is 9.53 Å². The summed E-state index contributed by atoms with van der Waals surface area (Å²) < 4.78 is 5.47. The Morgan fingerprint density at radius 2 is 2.12 bits per heavy atom. The molecule has 2 aromatic rings. The first kappa shape index (κ1) is 17.0. The Hall–Kier alpha value is -1.86. The fourth-order valence-electron chi connectivity index (χ4n) is 3.16. The van der Waals surface area contributed by atoms with E-state index in [1.54, 1.807) is 24.8 Å². The minimum absolute atomic E-state index is 0.0692. The molecule has 1 aliphatic rings. The van der Waals surface area contributed by atoms with Gasteiger partial charge < -0.3 is 10.1 Å². The summed E-state index contributed by atoms with van der Waals surface area (Å²) in [6, 6.07) is 0. The zero-order chi connectivity index (χ0) is 16.8. The lowest BCUT2D eigenvalue weighted by Crippen LogP contribution is -2.35. The third-order valence-corrected chi connectivity index (χ3v) is 5.45. The third-order valence-electron chi connectivity index (χ3n) is 4.51. The highest BCUT2D eigenvalue weighted by atomic mass is 32.1. The van der Waals surface area contributed by atoms with Crippen LogP contribution in [0.2, 0.25) is 0 Å². The van der Waals surface area contributed by atoms with Gasteiger partial charge in [0.1, 0.15) is 5.69 Å². The lowest BCUT2D eigenvalue weighted by atomic mass is 9.82. The van der Waals surface area contributed by atoms with Crippen molar-refractivity contribution in [2.24, 2.45) is 5.41 Å². The zero-order valence-corrected chi connectivity index (χ0v) is 14.6. The number of thiazole rings is 1. The Bertz CT molecular complexity index is 668. The number of ether oxygens (including phenoxy) is 1. The average Bonchev–Trinajstić information content (AvgIpc) is 3.26. The van der Waals surface area contributed by atoms with Crippen molar-refractivity contribution in [3.05, 3.63) is 24.8 Å². The maximum Gasteiger partial charge on any atom is 0.232 e. The maximum absolute atomic E-state index is 12.8. The maximum atomic E-state index is 12.8. The van der Waals surface area contributed by atoms with E-state index < -0.39 is 0 Å². The molecule has 1 fully saturated rings. The van der Waals surface area contributed by atoms with Crippen LogP contribution < -0.4 is 5.32 Å². The molecule has 1 saturated carbocycles. The van der Waals surface area contributed by atoms with Crippen LogP contribution in [0, 0.1) is 5.41 Å². The number of amides is 1. The molecule has 0 atom stereocenters. The number of nitrogens with one attached hydrogen (secondary N) is 1. The quantitative estimate of drug-likeness (QED) is 0.776. The Morgan fingerprint density at radius 3 is 2.83 bits per heavy atom. The van der Waals surface area contributed by atoms with Crippen molar-refractivity contribution in [1.29, 1.82) is 0 Å². The van der Waals surface area contributed by atoms with Gasteiger partial charge in [-0.1, -0.05) is 24.2 Å². The summed E-state index contributed by atoms with van der Waals surface area (Å²) in [5.74, 6) is 0.0692. The number of carbonyl (C=O) groups is 1. The van der Waals surface area contributed by atoms with Crippen molar-refractivity contribution in [3.63, 3.8) is 0 Å². The molecular formula is C17H22N4O2S. The highest BCUT2D eigenvalue weighted by Crippen LogP contribution is 2.42. The van der Waals surface area contributed by atoms with Gasteiger partial charge in [-0.05, 0) is 26.2 Å². The molecule has 7 heteroatoms. The first-order valence-corrected chi connectivity index (χ1v) is 9.16. The van der Waals surface area contributed by atoms with Crippen LogP contribution in [0.1, 0.15) is 39.0 Å². The van der Waals surface area contributed by atoms with Crippen molar-refractivity contribution < 1.29 is 9.53 Å². The van der Waals surface area contributed by atoms with E-state index in [1.165, 1.54) is 11.3 Å². The first-order chi connectivity index (χ1) is 11.7. The summed E-state index contributed by atoms with van der Waals surface area (Å²) in [7, 11) is 0. The number of hydrogen-bond acceptors (Lipinski definition) is 6. The van der Waals surface area contributed by atoms with Gasteiger partial charge in [-0.25, -0.2) is 4.98 Å². The van der Waals surface area contributed by atoms with Crippen molar-refractivity contribution in [2.75, 3.05) is 18.5 Å². The van der Waals surface area contributed by atoms with Gasteiger partial charge in [0.05, 0.1) is 16.5 Å². The molecule has 0 spiro atoms. The second-order valence-corrected chi connectivity index (χ2v) is 7.04. The summed E-state index contributed by atoms with van der Waals surface area (Å²) in [5, 5.41) is 3.62. The average molecular weight is 346 g/mol. The molecule has 0 unspecified atom stereocenters. The topological polar surface area (TPSA) is 77.0 Å². The highest BCUT2D eigenvalue weighted by molar-refractivity contribution is 7.19. The molecule has 3 rings (SSSR count). The van der Waals surface area contributed by atoms with Crippen LogP contribution >= 0.6 is 11.3 Å². The van der Waals surface area contributed by atoms with E-state index in [1.807, 2.05) is 6.92 Å². The number of aromatic nitrogens is 3. The Balaban J connectivity index is 1.68. The predicted molar refractivity (Wildman–Crippen MR) is 93.8 cm³/mol. The van der Waals surface area contributed by atoms with Gasteiger partial charge in [0.15, 0.2) is 5.13 Å². The summed E-state index contributed by atoms with van der Waals surface area (Å²) in [5.41, 5.74) is 0.454. The van der Waals surface area contributed by atoms with Crippen molar-refractivity contribution in [2.45, 2.75) is 39.0 Å². The number of anilines is 1. The number of carbonyl (C=O) groups excluding carboxylic acids is 1. The molecule has 0 aromatic carbocycles. The Labute approximate surface area is 145 Å². The molecule has 0 radical (unpaired) electrons. The lowest BCUT2D eigenvalue weighted by molar-refractivity contribution is -0.126. The summed E-state index contributed by atoms with van der Waals surface area (Å²) in [6.45, 7) is 3.29. The molecule has 2 heterocycles. The molecule has 0 bridgehead atoms. The first-order valence-electron chi connectivity index (χ1n) is 8.35. The number of rotatable bonds is 7. The van der Waals surface area contributed by atoms with Crippen LogP contribution in [0.25, 0.3) is 10.6 Å². The molecule has 2 aromatic heterocycles. The smallest absolute Gasteiger partial charge is 0.232 e. The molecule has 1 N–H and O–H groups in total. The standard InChI is InChI=1S/C17H22N4O2S/c1-2-23-10-7-17(5-3-4-6-17)15(22)21-16-20-12-14(24-16)13-11-18-8-9-19-13/h8-9,11-12H,2-7,10H2,1H3,(H,20,21,22). The summed E-state index contributed by atoms with van der Waals surface area (Å²) in [6.07, 6.45) is 11.5. The fourth-order valence-corrected chi connectivity index (χ4v) is 3.93. The second-order valence-electron chi connectivity index (χ2n) is 6.01. The lowest BCUT2D eigenvalue weighted by Gasteiger charge is -2.26. The van der Waals surface area contributed by atoms with Crippen molar-refractivity contribution >= 4 is 22.4 Å². The van der Waals surface area contributed by atoms with Gasteiger partial charge >= 0.3 is 0 Å². The molecular weight excluding hydrogens is 324 g/mol. The fraction of sp³-hybridized carbons (Fsp3) is 0.529. The van der Waals surface area contributed by atoms with Gasteiger partial charge in [-0.2, -0.15) is 0 Å². The summed E-state index contributed by atoms with van der Waals surface area (Å²) in [4.78, 5) is 26.4. The van der Waals surface area contributed by atoms with Crippen LogP contribution in [0.5, 0.6) is 0 Å². The third kappa shape index (κ3) is 3.79. The monoisotopic (exact) mass is 346 g/mol. The van der Waals surface area contributed by atoms with E-state index in [2.05, 4.69) is 20.3 Å². The normalized spacial score (nSPS) is 16.2. The van der Waals surface area contributed by atoms with E-state index in [0.717, 1.165) is 42.7 Å². The van der Waals surface area contributed by atoms with E-state index in [9.17, 15) is 4.79 Å². The van der Waals surface area contributed by atoms with E-state index in [-0.39, 0.29) is 11.3 Å². The highest BCUT2D eigenvalue weighted by Gasteiger charge is 2.41. The molecule has 24 heavy (non-hydrogen) atoms. The largest absolute Gasteiger partial charge is 0.382 e. The number of hydrogen-bond donors (Lipinski definition) is 1. The Kier molecular flexibility index (Phi) is 5.52. The number of nitrogens with zero attached hydrogens (tertiary/aromatic N) is 3. The molecule has 0 saturated heterocycles. The minimum Gasteiger partial charge on any atom is -0.382 e. The second kappa shape index (κ2) is 7.81. The molecule has 1 aliphatic carbocycles. The van der Waals surface area contributed by atoms with Gasteiger partial charge in [-0.15, -0.1) is 0 Å². The molecule has 0 aliphatic heterocycles. The zero-order valence-electron chi connectivity index (χ0n) is 13.8. The van der Waals surface area contributed by atoms with Gasteiger partial charge in [0, 0.05) is 31.8 Å². The SMILES string of the molecule is CCOCCC1(C(=O)Nc2ncc(-c3cnccn3)s2)CCCC1. The Morgan fingerprint density at radius 1 is 1.29 bits per heavy atom. The van der Waals surface area contributed by atoms with Crippen LogP contribution in [-0.4, -0.2) is 34.1 Å². The van der Waals surface area contributed by atoms with Crippen LogP contribution in [0.15, 0.2) is 24.8 Å². The predicted octanol–water partition coefficient (Wildman–Crippen LogP) is 3.53.